The molecule has 2 aromatic carbocycles. The van der Waals surface area contributed by atoms with Crippen molar-refractivity contribution in [1.82, 2.24) is 10.0 Å². The smallest absolute Gasteiger partial charge is 0.251 e. The van der Waals surface area contributed by atoms with Crippen LogP contribution in [0.5, 0.6) is 11.5 Å². The molecule has 0 aliphatic carbocycles. The first-order valence-electron chi connectivity index (χ1n) is 10.9. The Hall–Kier alpha value is -2.66. The Labute approximate surface area is 193 Å². The van der Waals surface area contributed by atoms with Crippen LogP contribution in [0.4, 0.5) is 0 Å². The second-order valence-electron chi connectivity index (χ2n) is 8.21. The Bertz CT molecular complexity index is 1090. The highest BCUT2D eigenvalue weighted by atomic mass is 32.2. The van der Waals surface area contributed by atoms with Gasteiger partial charge in [0, 0.05) is 12.1 Å². The van der Waals surface area contributed by atoms with Crippen molar-refractivity contribution in [2.75, 3.05) is 19.9 Å². The zero-order chi connectivity index (χ0) is 23.4. The number of aryl methyl sites for hydroxylation is 1. The Morgan fingerprint density at radius 3 is 2.61 bits per heavy atom. The third-order valence-corrected chi connectivity index (χ3v) is 7.33. The van der Waals surface area contributed by atoms with Crippen molar-refractivity contribution in [3.8, 4) is 11.5 Å². The van der Waals surface area contributed by atoms with E-state index in [1.165, 1.54) is 0 Å². The van der Waals surface area contributed by atoms with E-state index in [-0.39, 0.29) is 30.3 Å². The Balaban J connectivity index is 1.27. The molecule has 9 nitrogen and oxygen atoms in total. The summed E-state index contributed by atoms with van der Waals surface area (Å²) in [5.74, 6) is 0.930. The normalized spacial score (nSPS) is 22.2. The summed E-state index contributed by atoms with van der Waals surface area (Å²) in [4.78, 5) is 12.6. The molecule has 178 valence electrons. The molecule has 2 heterocycles. The van der Waals surface area contributed by atoms with Crippen LogP contribution in [0.15, 0.2) is 47.4 Å². The zero-order valence-corrected chi connectivity index (χ0v) is 19.1. The van der Waals surface area contributed by atoms with E-state index in [9.17, 15) is 18.3 Å². The van der Waals surface area contributed by atoms with Gasteiger partial charge in [0.15, 0.2) is 11.5 Å². The number of carbonyl (C=O) groups is 1. The molecule has 0 aromatic heterocycles. The second-order valence-corrected chi connectivity index (χ2v) is 9.92. The number of fused-ring (bicyclic) bond motifs is 1. The van der Waals surface area contributed by atoms with Crippen molar-refractivity contribution in [1.29, 1.82) is 0 Å². The molecule has 2 aliphatic rings. The first-order chi connectivity index (χ1) is 15.9. The number of aliphatic hydroxyl groups is 1. The minimum atomic E-state index is -3.72. The van der Waals surface area contributed by atoms with Gasteiger partial charge in [-0.05, 0) is 56.5 Å². The van der Waals surface area contributed by atoms with E-state index < -0.39 is 22.2 Å². The van der Waals surface area contributed by atoms with Gasteiger partial charge in [-0.3, -0.25) is 4.79 Å². The van der Waals surface area contributed by atoms with E-state index in [1.54, 1.807) is 42.5 Å². The fourth-order valence-electron chi connectivity index (χ4n) is 3.95. The number of hydrogen-bond acceptors (Lipinski definition) is 7. The monoisotopic (exact) mass is 476 g/mol. The standard InChI is InChI=1S/C23H28N2O7S/c1-15-2-6-18(7-3-15)33(28,29)25-19-8-5-17(32-22(19)13-26)10-11-24-23(27)16-4-9-20-21(12-16)31-14-30-20/h2-4,6-7,9,12,17,19,22,25-26H,5,8,10-11,13-14H2,1H3,(H,24,27)/t17-,19+,22+/m0/s1. The van der Waals surface area contributed by atoms with Crippen LogP contribution in [0.25, 0.3) is 0 Å². The number of ether oxygens (including phenoxy) is 3. The Kier molecular flexibility index (Phi) is 7.18. The summed E-state index contributed by atoms with van der Waals surface area (Å²) in [5, 5.41) is 12.6. The number of sulfonamides is 1. The number of amides is 1. The molecule has 33 heavy (non-hydrogen) atoms. The van der Waals surface area contributed by atoms with E-state index in [0.717, 1.165) is 5.56 Å². The molecule has 2 aromatic rings. The van der Waals surface area contributed by atoms with Gasteiger partial charge in [0.25, 0.3) is 5.91 Å². The average Bonchev–Trinajstić information content (AvgIpc) is 3.28. The second kappa shape index (κ2) is 10.1. The molecular formula is C23H28N2O7S. The third kappa shape index (κ3) is 5.64. The first-order valence-corrected chi connectivity index (χ1v) is 12.4. The van der Waals surface area contributed by atoms with Gasteiger partial charge in [0.05, 0.1) is 29.8 Å². The molecule has 4 rings (SSSR count). The predicted octanol–water partition coefficient (Wildman–Crippen LogP) is 1.73. The maximum absolute atomic E-state index is 12.7. The summed E-state index contributed by atoms with van der Waals surface area (Å²) in [6.07, 6.45) is 0.826. The van der Waals surface area contributed by atoms with Crippen molar-refractivity contribution >= 4 is 15.9 Å². The maximum atomic E-state index is 12.7. The van der Waals surface area contributed by atoms with Gasteiger partial charge in [-0.15, -0.1) is 0 Å². The van der Waals surface area contributed by atoms with Crippen molar-refractivity contribution in [2.45, 2.75) is 49.3 Å². The summed E-state index contributed by atoms with van der Waals surface area (Å²) >= 11 is 0. The molecule has 2 aliphatic heterocycles. The van der Waals surface area contributed by atoms with Gasteiger partial charge in [0.2, 0.25) is 16.8 Å². The van der Waals surface area contributed by atoms with Crippen LogP contribution in [0.1, 0.15) is 35.2 Å². The molecule has 0 bridgehead atoms. The summed E-state index contributed by atoms with van der Waals surface area (Å²) < 4.78 is 44.5. The highest BCUT2D eigenvalue weighted by molar-refractivity contribution is 7.89. The number of rotatable bonds is 8. The Morgan fingerprint density at radius 1 is 1.09 bits per heavy atom. The van der Waals surface area contributed by atoms with Gasteiger partial charge in [-0.2, -0.15) is 0 Å². The largest absolute Gasteiger partial charge is 0.454 e. The van der Waals surface area contributed by atoms with Gasteiger partial charge in [0.1, 0.15) is 0 Å². The highest BCUT2D eigenvalue weighted by Gasteiger charge is 2.33. The molecule has 0 unspecified atom stereocenters. The van der Waals surface area contributed by atoms with Crippen molar-refractivity contribution < 1.29 is 32.5 Å². The highest BCUT2D eigenvalue weighted by Crippen LogP contribution is 2.32. The first kappa shape index (κ1) is 23.5. The van der Waals surface area contributed by atoms with Crippen LogP contribution in [-0.4, -0.2) is 57.6 Å². The van der Waals surface area contributed by atoms with E-state index >= 15 is 0 Å². The SMILES string of the molecule is Cc1ccc(S(=O)(=O)N[C@@H]2CC[C@@H](CCNC(=O)c3ccc4c(c3)OCO4)O[C@@H]2CO)cc1. The molecule has 3 atom stereocenters. The van der Waals surface area contributed by atoms with E-state index in [4.69, 9.17) is 14.2 Å². The molecule has 10 heteroatoms. The van der Waals surface area contributed by atoms with Gasteiger partial charge in [-0.1, -0.05) is 17.7 Å². The number of aliphatic hydroxyl groups excluding tert-OH is 1. The fourth-order valence-corrected chi connectivity index (χ4v) is 5.25. The minimum absolute atomic E-state index is 0.146. The van der Waals surface area contributed by atoms with E-state index in [0.29, 0.717) is 42.9 Å². The predicted molar refractivity (Wildman–Crippen MR) is 120 cm³/mol. The molecular weight excluding hydrogens is 448 g/mol. The van der Waals surface area contributed by atoms with Gasteiger partial charge >= 0.3 is 0 Å². The molecule has 3 N–H and O–H groups in total. The van der Waals surface area contributed by atoms with Gasteiger partial charge < -0.3 is 24.6 Å². The molecule has 0 saturated carbocycles. The summed E-state index contributed by atoms with van der Waals surface area (Å²) in [6, 6.07) is 11.1. The number of nitrogens with one attached hydrogen (secondary N) is 2. The van der Waals surface area contributed by atoms with E-state index in [1.807, 2.05) is 6.92 Å². The van der Waals surface area contributed by atoms with Crippen LogP contribution in [0.2, 0.25) is 0 Å². The number of benzene rings is 2. The molecule has 1 amide bonds. The lowest BCUT2D eigenvalue weighted by atomic mass is 9.98. The van der Waals surface area contributed by atoms with Crippen molar-refractivity contribution in [3.05, 3.63) is 53.6 Å². The summed E-state index contributed by atoms with van der Waals surface area (Å²) in [5.41, 5.74) is 1.44. The number of hydrogen-bond donors (Lipinski definition) is 3. The third-order valence-electron chi connectivity index (χ3n) is 5.82. The summed E-state index contributed by atoms with van der Waals surface area (Å²) in [6.45, 7) is 2.11. The van der Waals surface area contributed by atoms with Crippen LogP contribution >= 0.6 is 0 Å². The van der Waals surface area contributed by atoms with Crippen LogP contribution < -0.4 is 19.5 Å². The maximum Gasteiger partial charge on any atom is 0.251 e. The quantitative estimate of drug-likeness (QED) is 0.530. The van der Waals surface area contributed by atoms with E-state index in [2.05, 4.69) is 10.0 Å². The lowest BCUT2D eigenvalue weighted by Crippen LogP contribution is -2.51. The molecule has 1 fully saturated rings. The number of carbonyl (C=O) groups excluding carboxylic acids is 1. The van der Waals surface area contributed by atoms with Crippen LogP contribution in [-0.2, 0) is 14.8 Å². The topological polar surface area (TPSA) is 123 Å². The zero-order valence-electron chi connectivity index (χ0n) is 18.3. The molecule has 1 saturated heterocycles. The van der Waals surface area contributed by atoms with Crippen LogP contribution in [0.3, 0.4) is 0 Å². The average molecular weight is 477 g/mol. The lowest BCUT2D eigenvalue weighted by Gasteiger charge is -2.36. The minimum Gasteiger partial charge on any atom is -0.454 e. The van der Waals surface area contributed by atoms with Crippen LogP contribution in [0, 0.1) is 6.92 Å². The Morgan fingerprint density at radius 2 is 1.85 bits per heavy atom. The molecule has 0 radical (unpaired) electrons. The summed E-state index contributed by atoms with van der Waals surface area (Å²) in [7, 11) is -3.72. The van der Waals surface area contributed by atoms with Gasteiger partial charge in [-0.25, -0.2) is 13.1 Å². The van der Waals surface area contributed by atoms with Crippen molar-refractivity contribution in [2.24, 2.45) is 0 Å². The fraction of sp³-hybridized carbons (Fsp3) is 0.435. The lowest BCUT2D eigenvalue weighted by molar-refractivity contribution is -0.0871. The molecule has 0 spiro atoms. The van der Waals surface area contributed by atoms with Crippen molar-refractivity contribution in [3.63, 3.8) is 0 Å².